The number of aliphatic hydroxyl groups is 1. The minimum atomic E-state index is -1.55. The van der Waals surface area contributed by atoms with Crippen molar-refractivity contribution in [3.8, 4) is 0 Å². The van der Waals surface area contributed by atoms with Crippen LogP contribution in [0.5, 0.6) is 0 Å². The summed E-state index contributed by atoms with van der Waals surface area (Å²) in [7, 11) is 1.47. The zero-order valence-electron chi connectivity index (χ0n) is 16.0. The Kier molecular flexibility index (Phi) is 4.75. The third-order valence-electron chi connectivity index (χ3n) is 5.39. The summed E-state index contributed by atoms with van der Waals surface area (Å²) in [6.07, 6.45) is -1.03. The average molecular weight is 373 g/mol. The molecule has 4 nitrogen and oxygen atoms in total. The maximum atomic E-state index is 13.4. The van der Waals surface area contributed by atoms with Gasteiger partial charge in [0.1, 0.15) is 0 Å². The first-order chi connectivity index (χ1) is 13.6. The molecule has 0 fully saturated rings. The van der Waals surface area contributed by atoms with Crippen LogP contribution >= 0.6 is 0 Å². The number of methoxy groups -OCH3 is 1. The van der Waals surface area contributed by atoms with Crippen LogP contribution in [-0.4, -0.2) is 24.2 Å². The molecule has 0 bridgehead atoms. The maximum Gasteiger partial charge on any atom is 0.260 e. The number of hydrogen-bond acceptors (Lipinski definition) is 3. The van der Waals surface area contributed by atoms with Crippen LogP contribution in [0.15, 0.2) is 78.9 Å². The number of fused-ring (bicyclic) bond motifs is 1. The fourth-order valence-corrected chi connectivity index (χ4v) is 3.92. The monoisotopic (exact) mass is 373 g/mol. The molecule has 4 rings (SSSR count). The van der Waals surface area contributed by atoms with Crippen LogP contribution in [0.3, 0.4) is 0 Å². The van der Waals surface area contributed by atoms with Gasteiger partial charge in [-0.25, -0.2) is 0 Å². The first kappa shape index (κ1) is 18.4. The van der Waals surface area contributed by atoms with Gasteiger partial charge >= 0.3 is 0 Å². The molecule has 1 aliphatic heterocycles. The van der Waals surface area contributed by atoms with Crippen LogP contribution in [0.1, 0.15) is 22.3 Å². The zero-order chi connectivity index (χ0) is 19.7. The molecule has 3 aromatic carbocycles. The van der Waals surface area contributed by atoms with Crippen molar-refractivity contribution in [1.29, 1.82) is 0 Å². The Labute approximate surface area is 165 Å². The third kappa shape index (κ3) is 2.91. The predicted octanol–water partition coefficient (Wildman–Crippen LogP) is 3.79. The third-order valence-corrected chi connectivity index (χ3v) is 5.39. The van der Waals surface area contributed by atoms with E-state index in [9.17, 15) is 9.90 Å². The summed E-state index contributed by atoms with van der Waals surface area (Å²) in [6.45, 7) is 2.45. The van der Waals surface area contributed by atoms with Crippen molar-refractivity contribution in [3.63, 3.8) is 0 Å². The van der Waals surface area contributed by atoms with Crippen LogP contribution in [-0.2, 0) is 21.7 Å². The molecule has 3 aromatic rings. The SMILES string of the molecule is COC1C(=O)N(Cc2ccc(C)cc2)c2ccccc2C1(O)c1ccccc1. The van der Waals surface area contributed by atoms with Crippen LogP contribution in [0, 0.1) is 6.92 Å². The summed E-state index contributed by atoms with van der Waals surface area (Å²) in [4.78, 5) is 15.1. The quantitative estimate of drug-likeness (QED) is 0.757. The molecular formula is C24H23NO3. The van der Waals surface area contributed by atoms with Crippen molar-refractivity contribution >= 4 is 11.6 Å². The number of aryl methyl sites for hydroxylation is 1. The Morgan fingerprint density at radius 1 is 0.964 bits per heavy atom. The van der Waals surface area contributed by atoms with Gasteiger partial charge in [-0.1, -0.05) is 78.4 Å². The van der Waals surface area contributed by atoms with E-state index in [1.165, 1.54) is 12.7 Å². The Balaban J connectivity index is 1.85. The van der Waals surface area contributed by atoms with Crippen molar-refractivity contribution in [2.45, 2.75) is 25.2 Å². The van der Waals surface area contributed by atoms with E-state index in [0.717, 1.165) is 5.56 Å². The van der Waals surface area contributed by atoms with Gasteiger partial charge in [0.05, 0.1) is 12.2 Å². The van der Waals surface area contributed by atoms with Gasteiger partial charge in [0.25, 0.3) is 5.91 Å². The Bertz CT molecular complexity index is 984. The summed E-state index contributed by atoms with van der Waals surface area (Å²) in [5.41, 5.74) is 2.65. The number of nitrogens with zero attached hydrogens (tertiary/aromatic N) is 1. The summed E-state index contributed by atoms with van der Waals surface area (Å²) < 4.78 is 5.58. The summed E-state index contributed by atoms with van der Waals surface area (Å²) in [5.74, 6) is -0.256. The van der Waals surface area contributed by atoms with E-state index in [0.29, 0.717) is 23.4 Å². The molecule has 1 amide bonds. The van der Waals surface area contributed by atoms with Gasteiger partial charge in [0, 0.05) is 12.7 Å². The lowest BCUT2D eigenvalue weighted by Crippen LogP contribution is -2.57. The molecule has 1 aliphatic rings. The molecule has 1 heterocycles. The van der Waals surface area contributed by atoms with E-state index >= 15 is 0 Å². The number of para-hydroxylation sites is 1. The lowest BCUT2D eigenvalue weighted by Gasteiger charge is -2.44. The second-order valence-corrected chi connectivity index (χ2v) is 7.18. The van der Waals surface area contributed by atoms with Crippen LogP contribution in [0.25, 0.3) is 0 Å². The lowest BCUT2D eigenvalue weighted by atomic mass is 9.77. The van der Waals surface area contributed by atoms with E-state index in [1.807, 2.05) is 85.8 Å². The molecule has 1 N–H and O–H groups in total. The van der Waals surface area contributed by atoms with Crippen LogP contribution < -0.4 is 4.90 Å². The highest BCUT2D eigenvalue weighted by Gasteiger charge is 2.52. The highest BCUT2D eigenvalue weighted by Crippen LogP contribution is 2.44. The summed E-state index contributed by atoms with van der Waals surface area (Å²) in [5, 5.41) is 11.8. The number of anilines is 1. The van der Waals surface area contributed by atoms with Crippen molar-refractivity contribution in [3.05, 3.63) is 101 Å². The predicted molar refractivity (Wildman–Crippen MR) is 109 cm³/mol. The number of ether oxygens (including phenoxy) is 1. The van der Waals surface area contributed by atoms with Crippen molar-refractivity contribution in [2.75, 3.05) is 12.0 Å². The smallest absolute Gasteiger partial charge is 0.260 e. The van der Waals surface area contributed by atoms with E-state index in [2.05, 4.69) is 0 Å². The van der Waals surface area contributed by atoms with Crippen LogP contribution in [0.4, 0.5) is 5.69 Å². The van der Waals surface area contributed by atoms with E-state index < -0.39 is 11.7 Å². The highest BCUT2D eigenvalue weighted by atomic mass is 16.5. The molecule has 0 aromatic heterocycles. The minimum absolute atomic E-state index is 0.256. The number of rotatable bonds is 4. The number of benzene rings is 3. The van der Waals surface area contributed by atoms with Crippen molar-refractivity contribution < 1.29 is 14.6 Å². The van der Waals surface area contributed by atoms with E-state index in [-0.39, 0.29) is 5.91 Å². The Morgan fingerprint density at radius 2 is 1.61 bits per heavy atom. The lowest BCUT2D eigenvalue weighted by molar-refractivity contribution is -0.145. The standard InChI is InChI=1S/C24H23NO3/c1-17-12-14-18(15-13-17)16-25-21-11-7-6-10-20(21)24(27,22(28-2)23(25)26)19-8-4-3-5-9-19/h3-15,22,27H,16H2,1-2H3. The average Bonchev–Trinajstić information content (AvgIpc) is 2.73. The molecule has 0 saturated carbocycles. The highest BCUT2D eigenvalue weighted by molar-refractivity contribution is 6.01. The van der Waals surface area contributed by atoms with Crippen LogP contribution in [0.2, 0.25) is 0 Å². The van der Waals surface area contributed by atoms with Gasteiger partial charge in [-0.15, -0.1) is 0 Å². The summed E-state index contributed by atoms with van der Waals surface area (Å²) in [6, 6.07) is 24.8. The van der Waals surface area contributed by atoms with Gasteiger partial charge < -0.3 is 14.7 Å². The van der Waals surface area contributed by atoms with Gasteiger partial charge in [0.2, 0.25) is 0 Å². The molecule has 4 heteroatoms. The first-order valence-electron chi connectivity index (χ1n) is 9.33. The number of carbonyl (C=O) groups excluding carboxylic acids is 1. The fraction of sp³-hybridized carbons (Fsp3) is 0.208. The molecule has 28 heavy (non-hydrogen) atoms. The second kappa shape index (κ2) is 7.23. The Hall–Kier alpha value is -2.95. The second-order valence-electron chi connectivity index (χ2n) is 7.18. The fourth-order valence-electron chi connectivity index (χ4n) is 3.92. The molecule has 0 saturated heterocycles. The topological polar surface area (TPSA) is 49.8 Å². The van der Waals surface area contributed by atoms with Gasteiger partial charge in [-0.05, 0) is 24.1 Å². The van der Waals surface area contributed by atoms with Gasteiger partial charge in [0.15, 0.2) is 11.7 Å². The zero-order valence-corrected chi connectivity index (χ0v) is 16.0. The molecule has 2 atom stereocenters. The molecule has 0 spiro atoms. The van der Waals surface area contributed by atoms with Gasteiger partial charge in [-0.2, -0.15) is 0 Å². The molecule has 0 aliphatic carbocycles. The molecular weight excluding hydrogens is 350 g/mol. The normalized spacial score (nSPS) is 21.5. The molecule has 142 valence electrons. The molecule has 0 radical (unpaired) electrons. The van der Waals surface area contributed by atoms with Crippen molar-refractivity contribution in [1.82, 2.24) is 0 Å². The minimum Gasteiger partial charge on any atom is -0.377 e. The largest absolute Gasteiger partial charge is 0.377 e. The summed E-state index contributed by atoms with van der Waals surface area (Å²) >= 11 is 0. The Morgan fingerprint density at radius 3 is 2.29 bits per heavy atom. The molecule has 2 unspecified atom stereocenters. The first-order valence-corrected chi connectivity index (χ1v) is 9.33. The number of hydrogen-bond donors (Lipinski definition) is 1. The maximum absolute atomic E-state index is 13.4. The van der Waals surface area contributed by atoms with Crippen molar-refractivity contribution in [2.24, 2.45) is 0 Å². The van der Waals surface area contributed by atoms with E-state index in [1.54, 1.807) is 4.90 Å². The number of carbonyl (C=O) groups is 1. The van der Waals surface area contributed by atoms with E-state index in [4.69, 9.17) is 4.74 Å². The van der Waals surface area contributed by atoms with Gasteiger partial charge in [-0.3, -0.25) is 4.79 Å². The number of amides is 1.